The molecule has 0 bridgehead atoms. The smallest absolute Gasteiger partial charge is 0.302 e. The van der Waals surface area contributed by atoms with Gasteiger partial charge in [-0.2, -0.15) is 4.98 Å². The highest BCUT2D eigenvalue weighted by Gasteiger charge is 2.36. The fraction of sp³-hybridized carbons (Fsp3) is 0.440. The zero-order chi connectivity index (χ0) is 23.8. The van der Waals surface area contributed by atoms with E-state index >= 15 is 0 Å². The van der Waals surface area contributed by atoms with Crippen molar-refractivity contribution in [3.05, 3.63) is 42.0 Å². The number of imidazole rings is 1. The van der Waals surface area contributed by atoms with Gasteiger partial charge in [0.25, 0.3) is 0 Å². The molecule has 0 spiro atoms. The third kappa shape index (κ3) is 4.77. The van der Waals surface area contributed by atoms with Gasteiger partial charge in [0, 0.05) is 13.1 Å². The van der Waals surface area contributed by atoms with E-state index in [2.05, 4.69) is 69.3 Å². The molecule has 2 aromatic carbocycles. The van der Waals surface area contributed by atoms with E-state index in [0.29, 0.717) is 30.8 Å². The lowest BCUT2D eigenvalue weighted by molar-refractivity contribution is 0.203. The highest BCUT2D eigenvalue weighted by molar-refractivity contribution is 6.74. The number of hydrogen-bond acceptors (Lipinski definition) is 6. The van der Waals surface area contributed by atoms with Gasteiger partial charge in [-0.3, -0.25) is 5.32 Å². The van der Waals surface area contributed by atoms with Crippen LogP contribution in [0.5, 0.6) is 5.75 Å². The predicted octanol–water partition coefficient (Wildman–Crippen LogP) is 6.42. The Hall–Kier alpha value is -2.84. The maximum Gasteiger partial charge on any atom is 0.302 e. The Balaban J connectivity index is 1.44. The first kappa shape index (κ1) is 23.3. The Morgan fingerprint density at radius 1 is 1.09 bits per heavy atom. The third-order valence-electron chi connectivity index (χ3n) is 6.58. The Labute approximate surface area is 196 Å². The summed E-state index contributed by atoms with van der Waals surface area (Å²) < 4.78 is 20.1. The molecule has 0 saturated carbocycles. The number of nitrogens with one attached hydrogen (secondary N) is 1. The summed E-state index contributed by atoms with van der Waals surface area (Å²) in [6.45, 7) is 14.4. The summed E-state index contributed by atoms with van der Waals surface area (Å²) in [6.07, 6.45) is 0.931. The average Bonchev–Trinajstić information content (AvgIpc) is 3.30. The lowest BCUT2D eigenvalue weighted by atomic mass is 10.1. The summed E-state index contributed by atoms with van der Waals surface area (Å²) in [6, 6.07) is 12.3. The van der Waals surface area contributed by atoms with Crippen molar-refractivity contribution in [1.29, 1.82) is 0 Å². The van der Waals surface area contributed by atoms with Crippen molar-refractivity contribution in [1.82, 2.24) is 14.5 Å². The van der Waals surface area contributed by atoms with E-state index in [9.17, 15) is 0 Å². The lowest BCUT2D eigenvalue weighted by Gasteiger charge is -2.36. The van der Waals surface area contributed by atoms with Gasteiger partial charge in [-0.25, -0.2) is 4.98 Å². The largest absolute Gasteiger partial charge is 0.491 e. The zero-order valence-electron chi connectivity index (χ0n) is 20.7. The van der Waals surface area contributed by atoms with Crippen molar-refractivity contribution >= 4 is 42.4 Å². The fourth-order valence-corrected chi connectivity index (χ4v) is 4.51. The second kappa shape index (κ2) is 8.83. The van der Waals surface area contributed by atoms with Crippen LogP contribution in [0, 0.1) is 0 Å². The number of aryl methyl sites for hydroxylation is 2. The van der Waals surface area contributed by atoms with Gasteiger partial charge in [-0.1, -0.05) is 39.8 Å². The Morgan fingerprint density at radius 3 is 2.61 bits per heavy atom. The molecule has 33 heavy (non-hydrogen) atoms. The monoisotopic (exact) mass is 466 g/mol. The lowest BCUT2D eigenvalue weighted by Crippen LogP contribution is -2.41. The van der Waals surface area contributed by atoms with Crippen molar-refractivity contribution in [3.63, 3.8) is 0 Å². The standard InChI is InChI=1S/C25H34N4O3Si/c1-8-17-10-9-11-20-22(17)27-23(29(20)5)28-24-26-19-13-12-18(16-21(19)32-24)30-14-15-31-33(6,7)25(2,3)4/h9-13,16H,8,14-15H2,1-7H3,(H,26,27,28). The van der Waals surface area contributed by atoms with Gasteiger partial charge < -0.3 is 18.1 Å². The number of aromatic nitrogens is 3. The van der Waals surface area contributed by atoms with Crippen molar-refractivity contribution in [2.45, 2.75) is 52.2 Å². The molecule has 0 aliphatic heterocycles. The Kier molecular flexibility index (Phi) is 6.24. The maximum absolute atomic E-state index is 6.19. The Morgan fingerprint density at radius 2 is 1.88 bits per heavy atom. The number of benzene rings is 2. The summed E-state index contributed by atoms with van der Waals surface area (Å²) in [7, 11) is 0.215. The van der Waals surface area contributed by atoms with Crippen LogP contribution in [0.1, 0.15) is 33.3 Å². The van der Waals surface area contributed by atoms with Crippen LogP contribution in [0.4, 0.5) is 12.0 Å². The van der Waals surface area contributed by atoms with Crippen LogP contribution >= 0.6 is 0 Å². The predicted molar refractivity (Wildman–Crippen MR) is 136 cm³/mol. The van der Waals surface area contributed by atoms with Gasteiger partial charge in [-0.15, -0.1) is 0 Å². The molecule has 0 amide bonds. The van der Waals surface area contributed by atoms with E-state index in [0.717, 1.165) is 28.7 Å². The maximum atomic E-state index is 6.19. The van der Waals surface area contributed by atoms with Crippen LogP contribution < -0.4 is 10.1 Å². The molecule has 0 radical (unpaired) electrons. The van der Waals surface area contributed by atoms with Crippen molar-refractivity contribution in [2.24, 2.45) is 7.05 Å². The molecule has 2 heterocycles. The van der Waals surface area contributed by atoms with Crippen molar-refractivity contribution < 1.29 is 13.6 Å². The number of oxazole rings is 1. The minimum atomic E-state index is -1.77. The van der Waals surface area contributed by atoms with E-state index < -0.39 is 8.32 Å². The van der Waals surface area contributed by atoms with E-state index in [-0.39, 0.29) is 5.04 Å². The van der Waals surface area contributed by atoms with Gasteiger partial charge in [0.15, 0.2) is 13.9 Å². The van der Waals surface area contributed by atoms with Crippen molar-refractivity contribution in [2.75, 3.05) is 18.5 Å². The van der Waals surface area contributed by atoms with Gasteiger partial charge in [0.1, 0.15) is 17.9 Å². The van der Waals surface area contributed by atoms with Crippen LogP contribution in [0.3, 0.4) is 0 Å². The van der Waals surface area contributed by atoms with E-state index in [1.54, 1.807) is 0 Å². The molecule has 8 heteroatoms. The fourth-order valence-electron chi connectivity index (χ4n) is 3.49. The molecule has 0 fully saturated rings. The number of fused-ring (bicyclic) bond motifs is 2. The zero-order valence-corrected chi connectivity index (χ0v) is 21.7. The summed E-state index contributed by atoms with van der Waals surface area (Å²) >= 11 is 0. The number of anilines is 2. The highest BCUT2D eigenvalue weighted by atomic mass is 28.4. The molecule has 0 aliphatic carbocycles. The van der Waals surface area contributed by atoms with E-state index in [1.165, 1.54) is 5.56 Å². The minimum absolute atomic E-state index is 0.187. The first-order chi connectivity index (χ1) is 15.6. The highest BCUT2D eigenvalue weighted by Crippen LogP contribution is 2.36. The summed E-state index contributed by atoms with van der Waals surface area (Å²) in [4.78, 5) is 9.32. The second-order valence-corrected chi connectivity index (χ2v) is 14.7. The molecule has 0 unspecified atom stereocenters. The SMILES string of the molecule is CCc1cccc2c1nc(Nc1nc3ccc(OCCO[Si](C)(C)C(C)(C)C)cc3o1)n2C. The summed E-state index contributed by atoms with van der Waals surface area (Å²) in [5, 5.41) is 3.41. The van der Waals surface area contributed by atoms with Gasteiger partial charge in [0.2, 0.25) is 5.95 Å². The number of hydrogen-bond donors (Lipinski definition) is 1. The number of ether oxygens (including phenoxy) is 1. The molecular weight excluding hydrogens is 432 g/mol. The molecule has 176 valence electrons. The normalized spacial score (nSPS) is 12.6. The molecule has 1 N–H and O–H groups in total. The first-order valence-electron chi connectivity index (χ1n) is 11.5. The summed E-state index contributed by atoms with van der Waals surface area (Å²) in [5.41, 5.74) is 4.71. The average molecular weight is 467 g/mol. The minimum Gasteiger partial charge on any atom is -0.491 e. The molecule has 4 aromatic rings. The number of nitrogens with zero attached hydrogens (tertiary/aromatic N) is 3. The van der Waals surface area contributed by atoms with Crippen LogP contribution in [0.25, 0.3) is 22.1 Å². The van der Waals surface area contributed by atoms with E-state index in [1.807, 2.05) is 29.8 Å². The molecular formula is C25H34N4O3Si. The molecule has 0 atom stereocenters. The van der Waals surface area contributed by atoms with E-state index in [4.69, 9.17) is 18.6 Å². The van der Waals surface area contributed by atoms with Gasteiger partial charge >= 0.3 is 6.01 Å². The topological polar surface area (TPSA) is 74.3 Å². The third-order valence-corrected chi connectivity index (χ3v) is 11.1. The molecule has 4 rings (SSSR count). The molecule has 7 nitrogen and oxygen atoms in total. The van der Waals surface area contributed by atoms with Gasteiger partial charge in [0.05, 0.1) is 17.6 Å². The molecule has 0 saturated heterocycles. The van der Waals surface area contributed by atoms with Gasteiger partial charge in [-0.05, 0) is 48.3 Å². The molecule has 2 aromatic heterocycles. The molecule has 0 aliphatic rings. The first-order valence-corrected chi connectivity index (χ1v) is 14.4. The van der Waals surface area contributed by atoms with Crippen LogP contribution in [0.2, 0.25) is 18.1 Å². The second-order valence-electron chi connectivity index (χ2n) is 9.86. The summed E-state index contributed by atoms with van der Waals surface area (Å²) in [5.74, 6) is 1.43. The Bertz CT molecular complexity index is 1270. The van der Waals surface area contributed by atoms with Crippen molar-refractivity contribution in [3.8, 4) is 5.75 Å². The van der Waals surface area contributed by atoms with Crippen LogP contribution in [0.15, 0.2) is 40.8 Å². The van der Waals surface area contributed by atoms with Crippen LogP contribution in [-0.2, 0) is 17.9 Å². The van der Waals surface area contributed by atoms with Crippen LogP contribution in [-0.4, -0.2) is 36.1 Å². The number of para-hydroxylation sites is 1. The number of rotatable bonds is 8. The quantitative estimate of drug-likeness (QED) is 0.238.